The van der Waals surface area contributed by atoms with Crippen LogP contribution in [0.4, 0.5) is 11.4 Å². The van der Waals surface area contributed by atoms with E-state index >= 15 is 0 Å². The highest BCUT2D eigenvalue weighted by Gasteiger charge is 2.24. The van der Waals surface area contributed by atoms with Crippen molar-refractivity contribution >= 4 is 45.1 Å². The molecule has 2 N–H and O–H groups in total. The number of carbonyl (C=O) groups is 3. The molecule has 2 rings (SSSR count). The first kappa shape index (κ1) is 25.8. The van der Waals surface area contributed by atoms with Crippen molar-refractivity contribution in [1.82, 2.24) is 5.32 Å². The van der Waals surface area contributed by atoms with Crippen molar-refractivity contribution in [3.63, 3.8) is 0 Å². The second-order valence-corrected chi connectivity index (χ2v) is 7.81. The molecule has 2 aromatic rings. The molecule has 2 aromatic carbocycles. The van der Waals surface area contributed by atoms with E-state index in [2.05, 4.69) is 26.6 Å². The highest BCUT2D eigenvalue weighted by Crippen LogP contribution is 2.28. The predicted octanol–water partition coefficient (Wildman–Crippen LogP) is 3.38. The minimum atomic E-state index is -1.07. The molecule has 176 valence electrons. The van der Waals surface area contributed by atoms with Crippen LogP contribution in [0.1, 0.15) is 25.3 Å². The largest absolute Gasteiger partial charge is 0.490 e. The highest BCUT2D eigenvalue weighted by atomic mass is 79.9. The van der Waals surface area contributed by atoms with E-state index in [1.54, 1.807) is 37.3 Å². The lowest BCUT2D eigenvalue weighted by Crippen LogP contribution is -2.43. The van der Waals surface area contributed by atoms with Crippen LogP contribution in [0, 0.1) is 10.1 Å². The number of anilines is 1. The molecular weight excluding hydrogens is 498 g/mol. The van der Waals surface area contributed by atoms with E-state index in [1.165, 1.54) is 19.2 Å². The van der Waals surface area contributed by atoms with Crippen molar-refractivity contribution in [2.75, 3.05) is 19.0 Å². The Hall–Kier alpha value is -3.47. The standard InChI is InChI=1S/C22H24BrN3O7/c1-3-33-22(29)17(12-14-4-9-19(32-2)18(13-14)26(30)31)25-21(28)11-10-20(27)24-16-7-5-15(23)6-8-16/h4-9,13,17H,3,10-12H2,1-2H3,(H,24,27)(H,25,28)/t17-/m1/s1. The number of nitrogens with one attached hydrogen (secondary N) is 2. The number of methoxy groups -OCH3 is 1. The molecule has 0 aliphatic carbocycles. The van der Waals surface area contributed by atoms with Gasteiger partial charge in [-0.1, -0.05) is 22.0 Å². The molecule has 0 radical (unpaired) electrons. The molecule has 2 amide bonds. The third kappa shape index (κ3) is 8.19. The fourth-order valence-electron chi connectivity index (χ4n) is 2.93. The van der Waals surface area contributed by atoms with Crippen LogP contribution in [0.15, 0.2) is 46.9 Å². The van der Waals surface area contributed by atoms with E-state index in [0.29, 0.717) is 11.3 Å². The van der Waals surface area contributed by atoms with E-state index in [0.717, 1.165) is 4.47 Å². The molecule has 10 nitrogen and oxygen atoms in total. The maximum absolute atomic E-state index is 12.4. The number of carbonyl (C=O) groups excluding carboxylic acids is 3. The van der Waals surface area contributed by atoms with Crippen molar-refractivity contribution < 1.29 is 28.8 Å². The molecule has 0 bridgehead atoms. The van der Waals surface area contributed by atoms with Crippen LogP contribution in [-0.2, 0) is 25.5 Å². The molecule has 0 spiro atoms. The van der Waals surface area contributed by atoms with Gasteiger partial charge in [0.2, 0.25) is 11.8 Å². The summed E-state index contributed by atoms with van der Waals surface area (Å²) in [6, 6.07) is 10.2. The molecular formula is C22H24BrN3O7. The number of amides is 2. The van der Waals surface area contributed by atoms with Gasteiger partial charge >= 0.3 is 11.7 Å². The van der Waals surface area contributed by atoms with Crippen molar-refractivity contribution in [3.05, 3.63) is 62.6 Å². The van der Waals surface area contributed by atoms with E-state index in [9.17, 15) is 24.5 Å². The zero-order valence-electron chi connectivity index (χ0n) is 18.1. The summed E-state index contributed by atoms with van der Waals surface area (Å²) in [4.78, 5) is 47.5. The van der Waals surface area contributed by atoms with Gasteiger partial charge in [-0.05, 0) is 42.8 Å². The normalized spacial score (nSPS) is 11.2. The van der Waals surface area contributed by atoms with E-state index in [1.807, 2.05) is 0 Å². The van der Waals surface area contributed by atoms with Gasteiger partial charge in [0.05, 0.1) is 18.6 Å². The minimum absolute atomic E-state index is 0.0273. The average Bonchev–Trinajstić information content (AvgIpc) is 2.79. The zero-order valence-corrected chi connectivity index (χ0v) is 19.7. The van der Waals surface area contributed by atoms with Gasteiger partial charge in [-0.25, -0.2) is 4.79 Å². The van der Waals surface area contributed by atoms with E-state index in [-0.39, 0.29) is 43.2 Å². The van der Waals surface area contributed by atoms with Crippen LogP contribution < -0.4 is 15.4 Å². The summed E-state index contributed by atoms with van der Waals surface area (Å²) in [5.41, 5.74) is 0.775. The molecule has 0 saturated carbocycles. The van der Waals surface area contributed by atoms with Gasteiger partial charge in [0.25, 0.3) is 0 Å². The van der Waals surface area contributed by atoms with Crippen LogP contribution in [0.25, 0.3) is 0 Å². The van der Waals surface area contributed by atoms with Gasteiger partial charge in [-0.2, -0.15) is 0 Å². The number of halogens is 1. The third-order valence-corrected chi connectivity index (χ3v) is 5.02. The fourth-order valence-corrected chi connectivity index (χ4v) is 3.19. The molecule has 11 heteroatoms. The number of nitro benzene ring substituents is 1. The van der Waals surface area contributed by atoms with Crippen LogP contribution in [0.5, 0.6) is 5.75 Å². The first-order valence-electron chi connectivity index (χ1n) is 10.1. The lowest BCUT2D eigenvalue weighted by molar-refractivity contribution is -0.385. The summed E-state index contributed by atoms with van der Waals surface area (Å²) in [7, 11) is 1.32. The lowest BCUT2D eigenvalue weighted by Gasteiger charge is -2.17. The summed E-state index contributed by atoms with van der Waals surface area (Å²) in [6.07, 6.45) is -0.271. The molecule has 0 aliphatic rings. The first-order chi connectivity index (χ1) is 15.7. The molecule has 1 atom stereocenters. The van der Waals surface area contributed by atoms with Crippen LogP contribution in [-0.4, -0.2) is 42.5 Å². The average molecular weight is 522 g/mol. The second kappa shape index (κ2) is 12.5. The molecule has 0 fully saturated rings. The number of ether oxygens (including phenoxy) is 2. The Labute approximate surface area is 198 Å². The number of nitrogens with zero attached hydrogens (tertiary/aromatic N) is 1. The number of esters is 1. The topological polar surface area (TPSA) is 137 Å². The summed E-state index contributed by atoms with van der Waals surface area (Å²) in [5.74, 6) is -1.48. The summed E-state index contributed by atoms with van der Waals surface area (Å²) in [5, 5.41) is 16.5. The second-order valence-electron chi connectivity index (χ2n) is 6.89. The predicted molar refractivity (Wildman–Crippen MR) is 124 cm³/mol. The zero-order chi connectivity index (χ0) is 24.4. The van der Waals surface area contributed by atoms with Gasteiger partial charge in [0, 0.05) is 35.5 Å². The van der Waals surface area contributed by atoms with Gasteiger partial charge in [-0.3, -0.25) is 19.7 Å². The Morgan fingerprint density at radius 1 is 1.09 bits per heavy atom. The molecule has 0 unspecified atom stereocenters. The molecule has 0 heterocycles. The smallest absolute Gasteiger partial charge is 0.328 e. The van der Waals surface area contributed by atoms with Crippen molar-refractivity contribution in [2.45, 2.75) is 32.2 Å². The quantitative estimate of drug-likeness (QED) is 0.262. The molecule has 0 saturated heterocycles. The van der Waals surface area contributed by atoms with Crippen molar-refractivity contribution in [3.8, 4) is 5.75 Å². The molecule has 0 aromatic heterocycles. The Kier molecular flexibility index (Phi) is 9.80. The van der Waals surface area contributed by atoms with Crippen molar-refractivity contribution in [1.29, 1.82) is 0 Å². The van der Waals surface area contributed by atoms with E-state index in [4.69, 9.17) is 9.47 Å². The van der Waals surface area contributed by atoms with Gasteiger partial charge in [0.1, 0.15) is 6.04 Å². The Morgan fingerprint density at radius 2 is 1.76 bits per heavy atom. The fraction of sp³-hybridized carbons (Fsp3) is 0.318. The first-order valence-corrected chi connectivity index (χ1v) is 10.9. The van der Waals surface area contributed by atoms with Crippen LogP contribution in [0.3, 0.4) is 0 Å². The Morgan fingerprint density at radius 3 is 2.36 bits per heavy atom. The summed E-state index contributed by atoms with van der Waals surface area (Å²) in [6.45, 7) is 1.73. The monoisotopic (exact) mass is 521 g/mol. The SMILES string of the molecule is CCOC(=O)[C@@H](Cc1ccc(OC)c([N+](=O)[O-])c1)NC(=O)CCC(=O)Nc1ccc(Br)cc1. The maximum atomic E-state index is 12.4. The third-order valence-electron chi connectivity index (χ3n) is 4.49. The molecule has 33 heavy (non-hydrogen) atoms. The number of benzene rings is 2. The summed E-state index contributed by atoms with van der Waals surface area (Å²) >= 11 is 3.31. The van der Waals surface area contributed by atoms with Crippen molar-refractivity contribution in [2.24, 2.45) is 0 Å². The van der Waals surface area contributed by atoms with Crippen LogP contribution in [0.2, 0.25) is 0 Å². The molecule has 0 aliphatic heterocycles. The number of rotatable bonds is 11. The van der Waals surface area contributed by atoms with Gasteiger partial charge in [0.15, 0.2) is 5.75 Å². The number of hydrogen-bond acceptors (Lipinski definition) is 7. The van der Waals surface area contributed by atoms with Gasteiger partial charge in [-0.15, -0.1) is 0 Å². The summed E-state index contributed by atoms with van der Waals surface area (Å²) < 4.78 is 10.9. The number of hydrogen-bond donors (Lipinski definition) is 2. The minimum Gasteiger partial charge on any atom is -0.490 e. The number of nitro groups is 1. The maximum Gasteiger partial charge on any atom is 0.328 e. The van der Waals surface area contributed by atoms with Crippen LogP contribution >= 0.6 is 15.9 Å². The Balaban J connectivity index is 2.01. The highest BCUT2D eigenvalue weighted by molar-refractivity contribution is 9.10. The lowest BCUT2D eigenvalue weighted by atomic mass is 10.0. The Bertz CT molecular complexity index is 1010. The van der Waals surface area contributed by atoms with Gasteiger partial charge < -0.3 is 20.1 Å². The van der Waals surface area contributed by atoms with E-state index < -0.39 is 22.8 Å².